The maximum absolute atomic E-state index is 7.77. The summed E-state index contributed by atoms with van der Waals surface area (Å²) in [5.41, 5.74) is 7.80. The van der Waals surface area contributed by atoms with Crippen molar-refractivity contribution in [3.05, 3.63) is 29.8 Å². The van der Waals surface area contributed by atoms with Crippen molar-refractivity contribution in [3.8, 4) is 0 Å². The van der Waals surface area contributed by atoms with Gasteiger partial charge in [-0.1, -0.05) is 25.0 Å². The van der Waals surface area contributed by atoms with Crippen molar-refractivity contribution in [1.82, 2.24) is 0 Å². The number of amidine groups is 1. The highest BCUT2D eigenvalue weighted by Gasteiger charge is 2.34. The zero-order chi connectivity index (χ0) is 13.2. The van der Waals surface area contributed by atoms with Crippen molar-refractivity contribution >= 4 is 11.5 Å². The van der Waals surface area contributed by atoms with Gasteiger partial charge >= 0.3 is 0 Å². The Morgan fingerprint density at radius 3 is 2.58 bits per heavy atom. The summed E-state index contributed by atoms with van der Waals surface area (Å²) in [5, 5.41) is 7.77. The van der Waals surface area contributed by atoms with Crippen molar-refractivity contribution in [2.24, 2.45) is 11.7 Å². The lowest BCUT2D eigenvalue weighted by Gasteiger charge is -2.32. The largest absolute Gasteiger partial charge is 0.384 e. The molecular weight excluding hydrogens is 234 g/mol. The number of anilines is 1. The molecule has 3 nitrogen and oxygen atoms in total. The topological polar surface area (TPSA) is 53.1 Å². The molecule has 2 aliphatic rings. The predicted octanol–water partition coefficient (Wildman–Crippen LogP) is 3.13. The summed E-state index contributed by atoms with van der Waals surface area (Å²) in [7, 11) is 0. The molecule has 3 heteroatoms. The molecule has 3 rings (SSSR count). The van der Waals surface area contributed by atoms with Crippen molar-refractivity contribution < 1.29 is 0 Å². The zero-order valence-electron chi connectivity index (χ0n) is 11.4. The highest BCUT2D eigenvalue weighted by Crippen LogP contribution is 2.38. The lowest BCUT2D eigenvalue weighted by molar-refractivity contribution is 0.431. The van der Waals surface area contributed by atoms with Gasteiger partial charge in [0.25, 0.3) is 0 Å². The van der Waals surface area contributed by atoms with Crippen LogP contribution in [0.4, 0.5) is 5.69 Å². The van der Waals surface area contributed by atoms with Gasteiger partial charge in [0.1, 0.15) is 5.84 Å². The summed E-state index contributed by atoms with van der Waals surface area (Å²) in [6.45, 7) is 1.12. The SMILES string of the molecule is N=C(N)c1ccccc1N1CCCC1C1CCCC1. The normalized spacial score (nSPS) is 24.0. The zero-order valence-corrected chi connectivity index (χ0v) is 11.4. The van der Waals surface area contributed by atoms with E-state index < -0.39 is 0 Å². The van der Waals surface area contributed by atoms with Crippen LogP contribution in [0.15, 0.2) is 24.3 Å². The highest BCUT2D eigenvalue weighted by molar-refractivity contribution is 6.00. The molecule has 0 bridgehead atoms. The van der Waals surface area contributed by atoms with E-state index in [9.17, 15) is 0 Å². The second kappa shape index (κ2) is 5.24. The second-order valence-corrected chi connectivity index (χ2v) is 5.88. The van der Waals surface area contributed by atoms with Crippen LogP contribution in [-0.2, 0) is 0 Å². The van der Waals surface area contributed by atoms with E-state index in [-0.39, 0.29) is 5.84 Å². The minimum absolute atomic E-state index is 0.188. The quantitative estimate of drug-likeness (QED) is 0.645. The minimum atomic E-state index is 0.188. The molecule has 1 saturated carbocycles. The van der Waals surface area contributed by atoms with Crippen LogP contribution < -0.4 is 10.6 Å². The fourth-order valence-electron chi connectivity index (χ4n) is 3.88. The van der Waals surface area contributed by atoms with Crippen LogP contribution in [-0.4, -0.2) is 18.4 Å². The van der Waals surface area contributed by atoms with Gasteiger partial charge in [-0.3, -0.25) is 5.41 Å². The summed E-state index contributed by atoms with van der Waals surface area (Å²) in [4.78, 5) is 2.52. The van der Waals surface area contributed by atoms with E-state index in [1.165, 1.54) is 44.2 Å². The van der Waals surface area contributed by atoms with Crippen molar-refractivity contribution in [3.63, 3.8) is 0 Å². The molecule has 1 saturated heterocycles. The van der Waals surface area contributed by atoms with E-state index >= 15 is 0 Å². The van der Waals surface area contributed by atoms with Crippen LogP contribution in [0.5, 0.6) is 0 Å². The fourth-order valence-corrected chi connectivity index (χ4v) is 3.88. The molecule has 0 radical (unpaired) electrons. The van der Waals surface area contributed by atoms with Gasteiger partial charge in [0.2, 0.25) is 0 Å². The Labute approximate surface area is 115 Å². The molecule has 0 spiro atoms. The van der Waals surface area contributed by atoms with E-state index in [1.54, 1.807) is 0 Å². The molecule has 1 aliphatic carbocycles. The molecule has 3 N–H and O–H groups in total. The number of hydrogen-bond acceptors (Lipinski definition) is 2. The van der Waals surface area contributed by atoms with Gasteiger partial charge in [-0.05, 0) is 43.7 Å². The average molecular weight is 257 g/mol. The number of nitrogens with two attached hydrogens (primary N) is 1. The van der Waals surface area contributed by atoms with Crippen LogP contribution >= 0.6 is 0 Å². The lowest BCUT2D eigenvalue weighted by atomic mass is 9.95. The minimum Gasteiger partial charge on any atom is -0.384 e. The predicted molar refractivity (Wildman–Crippen MR) is 79.8 cm³/mol. The monoisotopic (exact) mass is 257 g/mol. The molecule has 1 unspecified atom stereocenters. The Kier molecular flexibility index (Phi) is 3.45. The third-order valence-electron chi connectivity index (χ3n) is 4.75. The maximum atomic E-state index is 7.77. The van der Waals surface area contributed by atoms with Crippen LogP contribution in [0, 0.1) is 11.3 Å². The van der Waals surface area contributed by atoms with Gasteiger partial charge in [-0.25, -0.2) is 0 Å². The molecule has 102 valence electrons. The van der Waals surface area contributed by atoms with Gasteiger partial charge in [0.15, 0.2) is 0 Å². The van der Waals surface area contributed by atoms with Crippen LogP contribution in [0.3, 0.4) is 0 Å². The molecule has 1 heterocycles. The average Bonchev–Trinajstić information content (AvgIpc) is 3.09. The number of para-hydroxylation sites is 1. The van der Waals surface area contributed by atoms with Gasteiger partial charge < -0.3 is 10.6 Å². The first-order valence-electron chi connectivity index (χ1n) is 7.47. The lowest BCUT2D eigenvalue weighted by Crippen LogP contribution is -2.36. The molecular formula is C16H23N3. The molecule has 0 aromatic heterocycles. The molecule has 1 aromatic carbocycles. The van der Waals surface area contributed by atoms with Gasteiger partial charge in [-0.15, -0.1) is 0 Å². The molecule has 1 aliphatic heterocycles. The van der Waals surface area contributed by atoms with E-state index in [0.29, 0.717) is 6.04 Å². The van der Waals surface area contributed by atoms with Crippen molar-refractivity contribution in [2.45, 2.75) is 44.6 Å². The summed E-state index contributed by atoms with van der Waals surface area (Å²) in [6.07, 6.45) is 8.11. The first kappa shape index (κ1) is 12.5. The van der Waals surface area contributed by atoms with Gasteiger partial charge in [-0.2, -0.15) is 0 Å². The highest BCUT2D eigenvalue weighted by atomic mass is 15.2. The molecule has 19 heavy (non-hydrogen) atoms. The molecule has 1 atom stereocenters. The molecule has 0 amide bonds. The van der Waals surface area contributed by atoms with Crippen molar-refractivity contribution in [1.29, 1.82) is 5.41 Å². The van der Waals surface area contributed by atoms with E-state index in [0.717, 1.165) is 18.0 Å². The number of hydrogen-bond donors (Lipinski definition) is 2. The summed E-state index contributed by atoms with van der Waals surface area (Å²) >= 11 is 0. The van der Waals surface area contributed by atoms with E-state index in [1.807, 2.05) is 12.1 Å². The standard InChI is InChI=1S/C16H23N3/c17-16(18)13-8-3-4-9-15(13)19-11-5-10-14(19)12-6-1-2-7-12/h3-4,8-9,12,14H,1-2,5-7,10-11H2,(H3,17,18). The van der Waals surface area contributed by atoms with Gasteiger partial charge in [0.05, 0.1) is 0 Å². The Hall–Kier alpha value is -1.51. The Morgan fingerprint density at radius 1 is 1.11 bits per heavy atom. The third-order valence-corrected chi connectivity index (χ3v) is 4.75. The number of nitrogen functional groups attached to an aromatic ring is 1. The Balaban J connectivity index is 1.90. The van der Waals surface area contributed by atoms with E-state index in [4.69, 9.17) is 11.1 Å². The third kappa shape index (κ3) is 2.34. The number of rotatable bonds is 3. The van der Waals surface area contributed by atoms with Crippen LogP contribution in [0.25, 0.3) is 0 Å². The summed E-state index contributed by atoms with van der Waals surface area (Å²) in [6, 6.07) is 8.81. The van der Waals surface area contributed by atoms with E-state index in [2.05, 4.69) is 17.0 Å². The Morgan fingerprint density at radius 2 is 1.84 bits per heavy atom. The molecule has 1 aromatic rings. The smallest absolute Gasteiger partial charge is 0.124 e. The van der Waals surface area contributed by atoms with Crippen LogP contribution in [0.2, 0.25) is 0 Å². The second-order valence-electron chi connectivity index (χ2n) is 5.88. The number of benzene rings is 1. The summed E-state index contributed by atoms with van der Waals surface area (Å²) in [5.74, 6) is 1.04. The Bertz CT molecular complexity index is 463. The number of nitrogens with one attached hydrogen (secondary N) is 1. The molecule has 2 fully saturated rings. The number of nitrogens with zero attached hydrogens (tertiary/aromatic N) is 1. The van der Waals surface area contributed by atoms with Crippen LogP contribution in [0.1, 0.15) is 44.1 Å². The summed E-state index contributed by atoms with van der Waals surface area (Å²) < 4.78 is 0. The van der Waals surface area contributed by atoms with Gasteiger partial charge in [0, 0.05) is 23.8 Å². The first-order chi connectivity index (χ1) is 9.27. The maximum Gasteiger partial charge on any atom is 0.124 e. The fraction of sp³-hybridized carbons (Fsp3) is 0.562. The van der Waals surface area contributed by atoms with Crippen molar-refractivity contribution in [2.75, 3.05) is 11.4 Å². The first-order valence-corrected chi connectivity index (χ1v) is 7.47.